The van der Waals surface area contributed by atoms with Crippen molar-refractivity contribution in [3.8, 4) is 0 Å². The maximum absolute atomic E-state index is 5.83. The number of hydrogen-bond donors (Lipinski definition) is 1. The van der Waals surface area contributed by atoms with Crippen LogP contribution in [0.4, 0.5) is 0 Å². The second kappa shape index (κ2) is 4.07. The number of hydrogen-bond acceptors (Lipinski definition) is 2. The van der Waals surface area contributed by atoms with Gasteiger partial charge in [-0.15, -0.1) is 0 Å². The highest BCUT2D eigenvalue weighted by Crippen LogP contribution is 2.11. The van der Waals surface area contributed by atoms with Crippen molar-refractivity contribution in [3.63, 3.8) is 0 Å². The number of nitrogens with zero attached hydrogens (tertiary/aromatic N) is 2. The number of amidine groups is 1. The molecule has 0 saturated heterocycles. The second-order valence-electron chi connectivity index (χ2n) is 2.19. The number of pyridine rings is 1. The van der Waals surface area contributed by atoms with Crippen molar-refractivity contribution >= 4 is 17.4 Å². The number of aromatic nitrogens is 1. The summed E-state index contributed by atoms with van der Waals surface area (Å²) in [4.78, 5) is 8.01. The first-order valence-electron chi connectivity index (χ1n) is 3.66. The molecule has 0 aliphatic heterocycles. The highest BCUT2D eigenvalue weighted by Gasteiger charge is 2.03. The summed E-state index contributed by atoms with van der Waals surface area (Å²) in [5.74, 6) is 0.392. The van der Waals surface area contributed by atoms with Crippen LogP contribution in [0.15, 0.2) is 23.3 Å². The van der Waals surface area contributed by atoms with Crippen LogP contribution in [0.2, 0.25) is 5.02 Å². The van der Waals surface area contributed by atoms with Gasteiger partial charge in [-0.1, -0.05) is 11.6 Å². The Labute approximate surface area is 76.3 Å². The summed E-state index contributed by atoms with van der Waals surface area (Å²) in [5, 5.41) is 0.534. The predicted molar refractivity (Wildman–Crippen MR) is 50.5 cm³/mol. The van der Waals surface area contributed by atoms with Gasteiger partial charge in [0, 0.05) is 12.7 Å². The molecular formula is C8H10ClN3. The molecule has 0 radical (unpaired) electrons. The first-order valence-corrected chi connectivity index (χ1v) is 4.04. The summed E-state index contributed by atoms with van der Waals surface area (Å²) in [5.41, 5.74) is 6.17. The normalized spacial score (nSPS) is 11.7. The maximum Gasteiger partial charge on any atom is 0.146 e. The SMILES string of the molecule is CCN=C(N)c1ncccc1Cl. The highest BCUT2D eigenvalue weighted by molar-refractivity contribution is 6.33. The lowest BCUT2D eigenvalue weighted by Gasteiger charge is -2.00. The van der Waals surface area contributed by atoms with E-state index in [0.717, 1.165) is 0 Å². The third-order valence-corrected chi connectivity index (χ3v) is 1.63. The fraction of sp³-hybridized carbons (Fsp3) is 0.250. The van der Waals surface area contributed by atoms with Gasteiger partial charge in [0.2, 0.25) is 0 Å². The van der Waals surface area contributed by atoms with E-state index >= 15 is 0 Å². The van der Waals surface area contributed by atoms with Crippen LogP contribution in [0.25, 0.3) is 0 Å². The largest absolute Gasteiger partial charge is 0.382 e. The Morgan fingerprint density at radius 3 is 3.08 bits per heavy atom. The van der Waals surface area contributed by atoms with Gasteiger partial charge in [0.05, 0.1) is 5.02 Å². The topological polar surface area (TPSA) is 51.3 Å². The van der Waals surface area contributed by atoms with E-state index in [1.165, 1.54) is 0 Å². The van der Waals surface area contributed by atoms with Gasteiger partial charge < -0.3 is 5.73 Å². The fourth-order valence-electron chi connectivity index (χ4n) is 0.819. The molecule has 0 unspecified atom stereocenters. The van der Waals surface area contributed by atoms with Crippen LogP contribution in [-0.2, 0) is 0 Å². The van der Waals surface area contributed by atoms with E-state index in [4.69, 9.17) is 17.3 Å². The second-order valence-corrected chi connectivity index (χ2v) is 2.60. The molecule has 1 aromatic heterocycles. The number of nitrogens with two attached hydrogens (primary N) is 1. The minimum atomic E-state index is 0.392. The van der Waals surface area contributed by atoms with Gasteiger partial charge in [-0.05, 0) is 19.1 Å². The van der Waals surface area contributed by atoms with E-state index in [2.05, 4.69) is 9.98 Å². The lowest BCUT2D eigenvalue weighted by Crippen LogP contribution is -2.15. The zero-order valence-electron chi connectivity index (χ0n) is 6.79. The average Bonchev–Trinajstić information content (AvgIpc) is 2.05. The zero-order chi connectivity index (χ0) is 8.97. The Bertz CT molecular complexity index is 296. The van der Waals surface area contributed by atoms with Crippen LogP contribution >= 0.6 is 11.6 Å². The maximum atomic E-state index is 5.83. The molecule has 64 valence electrons. The smallest absolute Gasteiger partial charge is 0.146 e. The average molecular weight is 184 g/mol. The van der Waals surface area contributed by atoms with E-state index in [9.17, 15) is 0 Å². The minimum Gasteiger partial charge on any atom is -0.382 e. The predicted octanol–water partition coefficient (Wildman–Crippen LogP) is 1.46. The third kappa shape index (κ3) is 1.95. The molecule has 0 saturated carbocycles. The van der Waals surface area contributed by atoms with Crippen LogP contribution in [0.5, 0.6) is 0 Å². The molecule has 0 aromatic carbocycles. The Hall–Kier alpha value is -1.09. The molecule has 0 amide bonds. The van der Waals surface area contributed by atoms with Gasteiger partial charge >= 0.3 is 0 Å². The molecule has 2 N–H and O–H groups in total. The summed E-state index contributed by atoms with van der Waals surface area (Å²) >= 11 is 5.83. The van der Waals surface area contributed by atoms with E-state index < -0.39 is 0 Å². The van der Waals surface area contributed by atoms with E-state index in [-0.39, 0.29) is 0 Å². The number of rotatable bonds is 2. The molecule has 0 bridgehead atoms. The van der Waals surface area contributed by atoms with Crippen molar-refractivity contribution in [1.29, 1.82) is 0 Å². The molecular weight excluding hydrogens is 174 g/mol. The molecule has 0 aliphatic rings. The van der Waals surface area contributed by atoms with Crippen molar-refractivity contribution in [3.05, 3.63) is 29.0 Å². The number of aliphatic imine (C=N–C) groups is 1. The lowest BCUT2D eigenvalue weighted by atomic mass is 10.3. The Morgan fingerprint density at radius 1 is 1.75 bits per heavy atom. The summed E-state index contributed by atoms with van der Waals surface area (Å²) in [6, 6.07) is 3.49. The third-order valence-electron chi connectivity index (χ3n) is 1.33. The minimum absolute atomic E-state index is 0.392. The van der Waals surface area contributed by atoms with Crippen molar-refractivity contribution in [2.45, 2.75) is 6.92 Å². The first kappa shape index (κ1) is 9.00. The molecule has 0 aliphatic carbocycles. The molecule has 3 nitrogen and oxygen atoms in total. The van der Waals surface area contributed by atoms with Gasteiger partial charge in [-0.3, -0.25) is 9.98 Å². The van der Waals surface area contributed by atoms with Crippen LogP contribution < -0.4 is 5.73 Å². The Morgan fingerprint density at radius 2 is 2.50 bits per heavy atom. The van der Waals surface area contributed by atoms with Crippen molar-refractivity contribution < 1.29 is 0 Å². The first-order chi connectivity index (χ1) is 5.75. The standard InChI is InChI=1S/C8H10ClN3/c1-2-11-8(10)7-6(9)4-3-5-12-7/h3-5H,2H2,1H3,(H2,10,11). The molecule has 12 heavy (non-hydrogen) atoms. The highest BCUT2D eigenvalue weighted by atomic mass is 35.5. The molecule has 0 spiro atoms. The summed E-state index contributed by atoms with van der Waals surface area (Å²) in [6.07, 6.45) is 1.64. The lowest BCUT2D eigenvalue weighted by molar-refractivity contribution is 1.11. The van der Waals surface area contributed by atoms with Gasteiger partial charge in [0.1, 0.15) is 11.5 Å². The summed E-state index contributed by atoms with van der Waals surface area (Å²) in [7, 11) is 0. The van der Waals surface area contributed by atoms with Gasteiger partial charge in [0.15, 0.2) is 0 Å². The van der Waals surface area contributed by atoms with Gasteiger partial charge in [-0.25, -0.2) is 0 Å². The quantitative estimate of drug-likeness (QED) is 0.558. The van der Waals surface area contributed by atoms with E-state index in [0.29, 0.717) is 23.1 Å². The molecule has 4 heteroatoms. The van der Waals surface area contributed by atoms with E-state index in [1.54, 1.807) is 18.3 Å². The van der Waals surface area contributed by atoms with Crippen LogP contribution in [0.3, 0.4) is 0 Å². The van der Waals surface area contributed by atoms with Gasteiger partial charge in [-0.2, -0.15) is 0 Å². The molecule has 1 rings (SSSR count). The molecule has 1 aromatic rings. The van der Waals surface area contributed by atoms with Crippen LogP contribution in [-0.4, -0.2) is 17.4 Å². The number of halogens is 1. The van der Waals surface area contributed by atoms with E-state index in [1.807, 2.05) is 6.92 Å². The Kier molecular flexibility index (Phi) is 3.05. The van der Waals surface area contributed by atoms with Crippen molar-refractivity contribution in [1.82, 2.24) is 4.98 Å². The van der Waals surface area contributed by atoms with Crippen LogP contribution in [0, 0.1) is 0 Å². The van der Waals surface area contributed by atoms with Gasteiger partial charge in [0.25, 0.3) is 0 Å². The summed E-state index contributed by atoms with van der Waals surface area (Å²) in [6.45, 7) is 2.54. The fourth-order valence-corrected chi connectivity index (χ4v) is 1.04. The molecule has 0 atom stereocenters. The van der Waals surface area contributed by atoms with Crippen molar-refractivity contribution in [2.75, 3.05) is 6.54 Å². The molecule has 0 fully saturated rings. The Balaban J connectivity index is 3.02. The monoisotopic (exact) mass is 183 g/mol. The molecule has 1 heterocycles. The van der Waals surface area contributed by atoms with Crippen LogP contribution in [0.1, 0.15) is 12.6 Å². The van der Waals surface area contributed by atoms with Crippen molar-refractivity contribution in [2.24, 2.45) is 10.7 Å². The zero-order valence-corrected chi connectivity index (χ0v) is 7.54. The summed E-state index contributed by atoms with van der Waals surface area (Å²) < 4.78 is 0.